The van der Waals surface area contributed by atoms with E-state index in [1.54, 1.807) is 12.1 Å². The zero-order chi connectivity index (χ0) is 16.2. The van der Waals surface area contributed by atoms with Gasteiger partial charge in [0.05, 0.1) is 6.04 Å². The van der Waals surface area contributed by atoms with E-state index < -0.39 is 0 Å². The second kappa shape index (κ2) is 6.58. The number of carbonyl (C=O) groups excluding carboxylic acids is 1. The molecule has 1 atom stereocenters. The van der Waals surface area contributed by atoms with Gasteiger partial charge in [-0.1, -0.05) is 36.4 Å². The second-order valence-corrected chi connectivity index (χ2v) is 5.51. The average Bonchev–Trinajstić information content (AvgIpc) is 2.98. The number of para-hydroxylation sites is 1. The summed E-state index contributed by atoms with van der Waals surface area (Å²) in [6.07, 6.45) is 0. The number of carbonyl (C=O) groups is 1. The molecular formula is C17H16N4OS. The fourth-order valence-corrected chi connectivity index (χ4v) is 2.60. The van der Waals surface area contributed by atoms with Crippen molar-refractivity contribution in [1.29, 1.82) is 0 Å². The first kappa shape index (κ1) is 15.2. The van der Waals surface area contributed by atoms with E-state index in [1.807, 2.05) is 60.0 Å². The van der Waals surface area contributed by atoms with Gasteiger partial charge in [0.15, 0.2) is 10.6 Å². The van der Waals surface area contributed by atoms with Gasteiger partial charge in [0, 0.05) is 11.3 Å². The van der Waals surface area contributed by atoms with Crippen molar-refractivity contribution in [2.24, 2.45) is 0 Å². The number of nitrogens with zero attached hydrogens (tertiary/aromatic N) is 2. The molecule has 0 saturated heterocycles. The third-order valence-corrected chi connectivity index (χ3v) is 3.76. The van der Waals surface area contributed by atoms with Crippen molar-refractivity contribution in [3.63, 3.8) is 0 Å². The van der Waals surface area contributed by atoms with Gasteiger partial charge in [0.1, 0.15) is 0 Å². The molecule has 2 aromatic carbocycles. The molecule has 1 aromatic heterocycles. The molecule has 0 radical (unpaired) electrons. The first-order valence-electron chi connectivity index (χ1n) is 7.25. The normalized spacial score (nSPS) is 11.9. The molecule has 1 amide bonds. The molecule has 0 bridgehead atoms. The van der Waals surface area contributed by atoms with Crippen LogP contribution in [-0.4, -0.2) is 20.7 Å². The first-order valence-corrected chi connectivity index (χ1v) is 7.66. The van der Waals surface area contributed by atoms with Crippen LogP contribution < -0.4 is 5.32 Å². The molecule has 0 aliphatic heterocycles. The Balaban J connectivity index is 1.88. The fourth-order valence-electron chi connectivity index (χ4n) is 2.36. The Morgan fingerprint density at radius 1 is 1.13 bits per heavy atom. The summed E-state index contributed by atoms with van der Waals surface area (Å²) in [5.74, 6) is 0.511. The highest BCUT2D eigenvalue weighted by molar-refractivity contribution is 7.71. The third-order valence-electron chi connectivity index (χ3n) is 3.48. The van der Waals surface area contributed by atoms with E-state index in [0.717, 1.165) is 5.69 Å². The van der Waals surface area contributed by atoms with Gasteiger partial charge in [-0.3, -0.25) is 14.5 Å². The van der Waals surface area contributed by atoms with Crippen molar-refractivity contribution in [3.05, 3.63) is 76.8 Å². The second-order valence-electron chi connectivity index (χ2n) is 5.12. The number of aromatic amines is 1. The van der Waals surface area contributed by atoms with Crippen LogP contribution in [-0.2, 0) is 0 Å². The summed E-state index contributed by atoms with van der Waals surface area (Å²) in [6.45, 7) is 1.88. The minimum Gasteiger partial charge on any atom is -0.342 e. The maximum absolute atomic E-state index is 12.3. The highest BCUT2D eigenvalue weighted by atomic mass is 32.1. The zero-order valence-electron chi connectivity index (χ0n) is 12.6. The Hall–Kier alpha value is -2.73. The Bertz CT molecular complexity index is 855. The van der Waals surface area contributed by atoms with Crippen molar-refractivity contribution in [1.82, 2.24) is 20.1 Å². The number of hydrogen-bond donors (Lipinski definition) is 2. The standard InChI is InChI=1S/C17H16N4OS/c1-12(18-16(22)13-8-4-2-5-9-13)15-19-20-17(23)21(15)14-10-6-3-7-11-14/h2-12H,1H3,(H,18,22)(H,20,23)/t12-/m0/s1. The number of benzene rings is 2. The van der Waals surface area contributed by atoms with Crippen molar-refractivity contribution < 1.29 is 4.79 Å². The molecule has 6 heteroatoms. The van der Waals surface area contributed by atoms with Gasteiger partial charge in [0.25, 0.3) is 5.91 Å². The molecule has 0 aliphatic rings. The molecule has 0 fully saturated rings. The number of hydrogen-bond acceptors (Lipinski definition) is 3. The molecule has 0 saturated carbocycles. The summed E-state index contributed by atoms with van der Waals surface area (Å²) in [6, 6.07) is 18.5. The Morgan fingerprint density at radius 3 is 2.39 bits per heavy atom. The largest absolute Gasteiger partial charge is 0.342 e. The molecular weight excluding hydrogens is 308 g/mol. The number of rotatable bonds is 4. The van der Waals surface area contributed by atoms with Crippen molar-refractivity contribution in [3.8, 4) is 5.69 Å². The SMILES string of the molecule is C[C@H](NC(=O)c1ccccc1)c1n[nH]c(=S)n1-c1ccccc1. The molecule has 2 N–H and O–H groups in total. The lowest BCUT2D eigenvalue weighted by atomic mass is 10.2. The van der Waals surface area contributed by atoms with Gasteiger partial charge in [-0.25, -0.2) is 0 Å². The van der Waals surface area contributed by atoms with Crippen LogP contribution in [0.1, 0.15) is 29.1 Å². The number of amides is 1. The van der Waals surface area contributed by atoms with Crippen molar-refractivity contribution >= 4 is 18.1 Å². The van der Waals surface area contributed by atoms with E-state index in [1.165, 1.54) is 0 Å². The molecule has 0 spiro atoms. The van der Waals surface area contributed by atoms with Gasteiger partial charge in [-0.05, 0) is 43.4 Å². The van der Waals surface area contributed by atoms with E-state index in [2.05, 4.69) is 15.5 Å². The minimum atomic E-state index is -0.295. The lowest BCUT2D eigenvalue weighted by Crippen LogP contribution is -2.28. The van der Waals surface area contributed by atoms with Crippen LogP contribution in [0.25, 0.3) is 5.69 Å². The summed E-state index contributed by atoms with van der Waals surface area (Å²) in [4.78, 5) is 12.3. The molecule has 0 unspecified atom stereocenters. The predicted molar refractivity (Wildman–Crippen MR) is 91.1 cm³/mol. The lowest BCUT2D eigenvalue weighted by Gasteiger charge is -2.15. The molecule has 23 heavy (non-hydrogen) atoms. The van der Waals surface area contributed by atoms with Gasteiger partial charge >= 0.3 is 0 Å². The van der Waals surface area contributed by atoms with Crippen LogP contribution in [0.4, 0.5) is 0 Å². The summed E-state index contributed by atoms with van der Waals surface area (Å²) in [7, 11) is 0. The summed E-state index contributed by atoms with van der Waals surface area (Å²) >= 11 is 5.31. The van der Waals surface area contributed by atoms with E-state index in [0.29, 0.717) is 16.2 Å². The number of nitrogens with one attached hydrogen (secondary N) is 2. The number of H-pyrrole nitrogens is 1. The summed E-state index contributed by atoms with van der Waals surface area (Å²) in [5, 5.41) is 10.0. The Kier molecular flexibility index (Phi) is 4.34. The van der Waals surface area contributed by atoms with Gasteiger partial charge < -0.3 is 5.32 Å². The van der Waals surface area contributed by atoms with Crippen molar-refractivity contribution in [2.45, 2.75) is 13.0 Å². The highest BCUT2D eigenvalue weighted by Crippen LogP contribution is 2.17. The van der Waals surface area contributed by atoms with Gasteiger partial charge in [-0.2, -0.15) is 5.10 Å². The summed E-state index contributed by atoms with van der Waals surface area (Å²) in [5.41, 5.74) is 1.52. The average molecular weight is 324 g/mol. The van der Waals surface area contributed by atoms with Crippen LogP contribution in [0.3, 0.4) is 0 Å². The fraction of sp³-hybridized carbons (Fsp3) is 0.118. The van der Waals surface area contributed by atoms with Crippen LogP contribution >= 0.6 is 12.2 Å². The van der Waals surface area contributed by atoms with Crippen molar-refractivity contribution in [2.75, 3.05) is 0 Å². The third kappa shape index (κ3) is 3.22. The van der Waals surface area contributed by atoms with Gasteiger partial charge in [-0.15, -0.1) is 0 Å². The monoisotopic (exact) mass is 324 g/mol. The summed E-state index contributed by atoms with van der Waals surface area (Å²) < 4.78 is 2.32. The molecule has 116 valence electrons. The molecule has 0 aliphatic carbocycles. The quantitative estimate of drug-likeness (QED) is 0.723. The highest BCUT2D eigenvalue weighted by Gasteiger charge is 2.18. The molecule has 3 aromatic rings. The Labute approximate surface area is 139 Å². The molecule has 3 rings (SSSR count). The van der Waals surface area contributed by atoms with Gasteiger partial charge in [0.2, 0.25) is 0 Å². The Morgan fingerprint density at radius 2 is 1.74 bits per heavy atom. The van der Waals surface area contributed by atoms with Crippen LogP contribution in [0.5, 0.6) is 0 Å². The molecule has 1 heterocycles. The lowest BCUT2D eigenvalue weighted by molar-refractivity contribution is 0.0938. The predicted octanol–water partition coefficient (Wildman–Crippen LogP) is 3.42. The topological polar surface area (TPSA) is 62.7 Å². The first-order chi connectivity index (χ1) is 11.2. The molecule has 5 nitrogen and oxygen atoms in total. The van der Waals surface area contributed by atoms with E-state index in [9.17, 15) is 4.79 Å². The number of aromatic nitrogens is 3. The van der Waals surface area contributed by atoms with Crippen LogP contribution in [0.15, 0.2) is 60.7 Å². The smallest absolute Gasteiger partial charge is 0.251 e. The maximum Gasteiger partial charge on any atom is 0.251 e. The van der Waals surface area contributed by atoms with Crippen LogP contribution in [0.2, 0.25) is 0 Å². The van der Waals surface area contributed by atoms with E-state index in [-0.39, 0.29) is 11.9 Å². The maximum atomic E-state index is 12.3. The zero-order valence-corrected chi connectivity index (χ0v) is 13.4. The van der Waals surface area contributed by atoms with Crippen LogP contribution in [0, 0.1) is 4.77 Å². The van der Waals surface area contributed by atoms with E-state index >= 15 is 0 Å². The van der Waals surface area contributed by atoms with E-state index in [4.69, 9.17) is 12.2 Å². The minimum absolute atomic E-state index is 0.147.